The maximum Gasteiger partial charge on any atom is 0.169 e. The first-order chi connectivity index (χ1) is 7.70. The lowest BCUT2D eigenvalue weighted by atomic mass is 9.89. The lowest BCUT2D eigenvalue weighted by Gasteiger charge is -2.21. The number of piperidine rings is 1. The van der Waals surface area contributed by atoms with Gasteiger partial charge in [0.05, 0.1) is 5.56 Å². The lowest BCUT2D eigenvalue weighted by molar-refractivity contribution is 0.0890. The van der Waals surface area contributed by atoms with Crippen LogP contribution < -0.4 is 5.32 Å². The zero-order valence-electron chi connectivity index (χ0n) is 8.80. The van der Waals surface area contributed by atoms with Gasteiger partial charge in [-0.15, -0.1) is 0 Å². The fourth-order valence-corrected chi connectivity index (χ4v) is 2.00. The fraction of sp³-hybridized carbons (Fsp3) is 0.417. The van der Waals surface area contributed by atoms with Crippen LogP contribution in [0.5, 0.6) is 0 Å². The predicted molar refractivity (Wildman–Crippen MR) is 56.3 cm³/mol. The molecule has 0 saturated carbocycles. The standard InChI is InChI=1S/C12H13F2NO/c13-10-3-1-2-9(11(10)14)12(16)8-4-6-15-7-5-8/h1-3,8,15H,4-7H2. The van der Waals surface area contributed by atoms with Crippen LogP contribution in [0.2, 0.25) is 0 Å². The number of halogens is 2. The summed E-state index contributed by atoms with van der Waals surface area (Å²) < 4.78 is 26.4. The molecule has 1 fully saturated rings. The smallest absolute Gasteiger partial charge is 0.169 e. The molecule has 1 heterocycles. The quantitative estimate of drug-likeness (QED) is 0.781. The van der Waals surface area contributed by atoms with E-state index >= 15 is 0 Å². The van der Waals surface area contributed by atoms with Crippen molar-refractivity contribution in [1.29, 1.82) is 0 Å². The Morgan fingerprint density at radius 1 is 1.25 bits per heavy atom. The average molecular weight is 225 g/mol. The van der Waals surface area contributed by atoms with Crippen LogP contribution in [-0.2, 0) is 0 Å². The van der Waals surface area contributed by atoms with E-state index in [0.717, 1.165) is 19.2 Å². The minimum Gasteiger partial charge on any atom is -0.317 e. The lowest BCUT2D eigenvalue weighted by Crippen LogP contribution is -2.32. The van der Waals surface area contributed by atoms with Crippen LogP contribution in [0.4, 0.5) is 8.78 Å². The highest BCUT2D eigenvalue weighted by molar-refractivity contribution is 5.98. The van der Waals surface area contributed by atoms with Crippen molar-refractivity contribution in [3.63, 3.8) is 0 Å². The molecule has 1 aromatic carbocycles. The van der Waals surface area contributed by atoms with Crippen LogP contribution in [0.25, 0.3) is 0 Å². The van der Waals surface area contributed by atoms with Gasteiger partial charge in [-0.1, -0.05) is 6.07 Å². The van der Waals surface area contributed by atoms with Gasteiger partial charge in [0.25, 0.3) is 0 Å². The van der Waals surface area contributed by atoms with Gasteiger partial charge in [0.1, 0.15) is 0 Å². The fourth-order valence-electron chi connectivity index (χ4n) is 2.00. The van der Waals surface area contributed by atoms with Crippen molar-refractivity contribution in [3.05, 3.63) is 35.4 Å². The molecular weight excluding hydrogens is 212 g/mol. The van der Waals surface area contributed by atoms with Crippen LogP contribution in [0.15, 0.2) is 18.2 Å². The highest BCUT2D eigenvalue weighted by Gasteiger charge is 2.25. The first-order valence-corrected chi connectivity index (χ1v) is 5.39. The Bertz CT molecular complexity index is 400. The summed E-state index contributed by atoms with van der Waals surface area (Å²) >= 11 is 0. The highest BCUT2D eigenvalue weighted by Crippen LogP contribution is 2.21. The summed E-state index contributed by atoms with van der Waals surface area (Å²) in [4.78, 5) is 11.9. The molecule has 0 radical (unpaired) electrons. The first-order valence-electron chi connectivity index (χ1n) is 5.39. The van der Waals surface area contributed by atoms with E-state index in [9.17, 15) is 13.6 Å². The molecule has 1 aromatic rings. The monoisotopic (exact) mass is 225 g/mol. The number of hydrogen-bond acceptors (Lipinski definition) is 2. The minimum atomic E-state index is -1.02. The van der Waals surface area contributed by atoms with Crippen molar-refractivity contribution in [3.8, 4) is 0 Å². The second kappa shape index (κ2) is 4.70. The Hall–Kier alpha value is -1.29. The van der Waals surface area contributed by atoms with Crippen molar-refractivity contribution in [1.82, 2.24) is 5.32 Å². The van der Waals surface area contributed by atoms with E-state index < -0.39 is 11.6 Å². The second-order valence-electron chi connectivity index (χ2n) is 3.99. The highest BCUT2D eigenvalue weighted by atomic mass is 19.2. The van der Waals surface area contributed by atoms with Gasteiger partial charge in [-0.2, -0.15) is 0 Å². The van der Waals surface area contributed by atoms with Gasteiger partial charge >= 0.3 is 0 Å². The Morgan fingerprint density at radius 3 is 2.62 bits per heavy atom. The summed E-state index contributed by atoms with van der Waals surface area (Å²) in [7, 11) is 0. The molecule has 0 spiro atoms. The number of carbonyl (C=O) groups is 1. The summed E-state index contributed by atoms with van der Waals surface area (Å²) in [6.07, 6.45) is 1.38. The van der Waals surface area contributed by atoms with Crippen molar-refractivity contribution >= 4 is 5.78 Å². The van der Waals surface area contributed by atoms with E-state index in [-0.39, 0.29) is 17.3 Å². The third kappa shape index (κ3) is 2.11. The summed E-state index contributed by atoms with van der Waals surface area (Å²) in [5.74, 6) is -2.44. The van der Waals surface area contributed by atoms with Crippen LogP contribution >= 0.6 is 0 Å². The maximum atomic E-state index is 13.4. The maximum absolute atomic E-state index is 13.4. The molecule has 0 atom stereocenters. The van der Waals surface area contributed by atoms with E-state index in [1.54, 1.807) is 0 Å². The molecule has 1 saturated heterocycles. The summed E-state index contributed by atoms with van der Waals surface area (Å²) in [5, 5.41) is 3.13. The van der Waals surface area contributed by atoms with E-state index in [4.69, 9.17) is 0 Å². The van der Waals surface area contributed by atoms with Gasteiger partial charge in [-0.05, 0) is 38.1 Å². The molecule has 4 heteroatoms. The number of hydrogen-bond donors (Lipinski definition) is 1. The van der Waals surface area contributed by atoms with E-state index in [1.807, 2.05) is 0 Å². The Kier molecular flexibility index (Phi) is 3.29. The van der Waals surface area contributed by atoms with Crippen molar-refractivity contribution in [2.24, 2.45) is 5.92 Å². The zero-order chi connectivity index (χ0) is 11.5. The molecule has 2 rings (SSSR count). The normalized spacial score (nSPS) is 17.4. The largest absolute Gasteiger partial charge is 0.317 e. The zero-order valence-corrected chi connectivity index (χ0v) is 8.80. The van der Waals surface area contributed by atoms with E-state index in [1.165, 1.54) is 12.1 Å². The second-order valence-corrected chi connectivity index (χ2v) is 3.99. The van der Waals surface area contributed by atoms with Crippen LogP contribution in [0.3, 0.4) is 0 Å². The van der Waals surface area contributed by atoms with Gasteiger partial charge in [0.15, 0.2) is 17.4 Å². The summed E-state index contributed by atoms with van der Waals surface area (Å²) in [5.41, 5.74) is -0.119. The molecule has 0 unspecified atom stereocenters. The van der Waals surface area contributed by atoms with Gasteiger partial charge < -0.3 is 5.32 Å². The SMILES string of the molecule is O=C(c1cccc(F)c1F)C1CCNCC1. The molecule has 0 amide bonds. The van der Waals surface area contributed by atoms with E-state index in [0.29, 0.717) is 12.8 Å². The number of Topliss-reactive ketones (excluding diaryl/α,β-unsaturated/α-hetero) is 1. The van der Waals surface area contributed by atoms with Crippen LogP contribution in [-0.4, -0.2) is 18.9 Å². The molecule has 16 heavy (non-hydrogen) atoms. The first kappa shape index (κ1) is 11.2. The summed E-state index contributed by atoms with van der Waals surface area (Å²) in [6, 6.07) is 3.74. The number of nitrogens with one attached hydrogen (secondary N) is 1. The number of benzene rings is 1. The number of ketones is 1. The third-order valence-corrected chi connectivity index (χ3v) is 2.93. The van der Waals surface area contributed by atoms with Crippen molar-refractivity contribution in [2.45, 2.75) is 12.8 Å². The molecule has 1 aliphatic heterocycles. The molecule has 1 aliphatic rings. The van der Waals surface area contributed by atoms with Crippen molar-refractivity contribution in [2.75, 3.05) is 13.1 Å². The molecule has 0 aliphatic carbocycles. The Morgan fingerprint density at radius 2 is 1.94 bits per heavy atom. The van der Waals surface area contributed by atoms with Gasteiger partial charge in [-0.3, -0.25) is 4.79 Å². The average Bonchev–Trinajstić information content (AvgIpc) is 2.33. The van der Waals surface area contributed by atoms with Gasteiger partial charge in [-0.25, -0.2) is 8.78 Å². The van der Waals surface area contributed by atoms with Gasteiger partial charge in [0, 0.05) is 5.92 Å². The van der Waals surface area contributed by atoms with E-state index in [2.05, 4.69) is 5.32 Å². The van der Waals surface area contributed by atoms with Crippen molar-refractivity contribution < 1.29 is 13.6 Å². The topological polar surface area (TPSA) is 29.1 Å². The molecule has 0 aromatic heterocycles. The number of rotatable bonds is 2. The third-order valence-electron chi connectivity index (χ3n) is 2.93. The minimum absolute atomic E-state index is 0.119. The molecule has 86 valence electrons. The predicted octanol–water partition coefficient (Wildman–Crippen LogP) is 2.15. The Labute approximate surface area is 92.7 Å². The summed E-state index contributed by atoms with van der Waals surface area (Å²) in [6.45, 7) is 1.51. The molecular formula is C12H13F2NO. The Balaban J connectivity index is 2.22. The van der Waals surface area contributed by atoms with Crippen LogP contribution in [0.1, 0.15) is 23.2 Å². The molecule has 2 nitrogen and oxygen atoms in total. The molecule has 1 N–H and O–H groups in total. The van der Waals surface area contributed by atoms with Gasteiger partial charge in [0.2, 0.25) is 0 Å². The number of carbonyl (C=O) groups excluding carboxylic acids is 1. The van der Waals surface area contributed by atoms with Crippen LogP contribution in [0, 0.1) is 17.6 Å². The molecule has 0 bridgehead atoms.